The fourth-order valence-electron chi connectivity index (χ4n) is 3.89. The van der Waals surface area contributed by atoms with Crippen molar-refractivity contribution in [2.45, 2.75) is 36.2 Å². The third-order valence-electron chi connectivity index (χ3n) is 6.00. The van der Waals surface area contributed by atoms with Crippen LogP contribution in [-0.2, 0) is 14.4 Å². The van der Waals surface area contributed by atoms with Gasteiger partial charge in [0.2, 0.25) is 17.7 Å². The maximum Gasteiger partial charge on any atom is 0.242 e. The van der Waals surface area contributed by atoms with Crippen LogP contribution in [0.5, 0.6) is 0 Å². The summed E-state index contributed by atoms with van der Waals surface area (Å²) < 4.78 is -0.790. The molecule has 0 spiro atoms. The van der Waals surface area contributed by atoms with Crippen LogP contribution in [0.3, 0.4) is 0 Å². The SMILES string of the molecule is CC1C(CNC(=O)[C@@H]2CCCN2C(=O)CNc2ccccc2C(N)C(N)=O)C1(Cl)Cl. The number of alkyl halides is 2. The van der Waals surface area contributed by atoms with Crippen LogP contribution >= 0.6 is 23.2 Å². The smallest absolute Gasteiger partial charge is 0.242 e. The summed E-state index contributed by atoms with van der Waals surface area (Å²) in [6, 6.07) is 5.42. The summed E-state index contributed by atoms with van der Waals surface area (Å²) in [5.41, 5.74) is 12.2. The van der Waals surface area contributed by atoms with Gasteiger partial charge in [-0.25, -0.2) is 0 Å². The van der Waals surface area contributed by atoms with Crippen LogP contribution in [-0.4, -0.2) is 52.6 Å². The average Bonchev–Trinajstić information content (AvgIpc) is 3.06. The summed E-state index contributed by atoms with van der Waals surface area (Å²) in [5, 5.41) is 5.89. The molecule has 2 aliphatic rings. The number of benzene rings is 1. The quantitative estimate of drug-likeness (QED) is 0.436. The van der Waals surface area contributed by atoms with Crippen molar-refractivity contribution in [1.82, 2.24) is 10.2 Å². The molecule has 1 aliphatic carbocycles. The molecule has 1 heterocycles. The van der Waals surface area contributed by atoms with E-state index >= 15 is 0 Å². The molecule has 10 heteroatoms. The van der Waals surface area contributed by atoms with Gasteiger partial charge in [-0.2, -0.15) is 0 Å². The number of nitrogens with one attached hydrogen (secondary N) is 2. The molecule has 1 aliphatic heterocycles. The Kier molecular flexibility index (Phi) is 6.79. The van der Waals surface area contributed by atoms with E-state index in [-0.39, 0.29) is 30.2 Å². The molecule has 8 nitrogen and oxygen atoms in total. The fraction of sp³-hybridized carbons (Fsp3) is 0.550. The van der Waals surface area contributed by atoms with E-state index in [1.165, 1.54) is 0 Å². The number of amides is 3. The number of likely N-dealkylation sites (tertiary alicyclic amines) is 1. The molecular formula is C20H27Cl2N5O3. The van der Waals surface area contributed by atoms with E-state index in [2.05, 4.69) is 10.6 Å². The molecule has 1 aromatic carbocycles. The molecule has 0 radical (unpaired) electrons. The van der Waals surface area contributed by atoms with Crippen LogP contribution in [0.1, 0.15) is 31.4 Å². The summed E-state index contributed by atoms with van der Waals surface area (Å²) in [6.45, 7) is 2.81. The maximum absolute atomic E-state index is 12.8. The normalized spacial score (nSPS) is 25.5. The van der Waals surface area contributed by atoms with Gasteiger partial charge in [-0.1, -0.05) is 25.1 Å². The highest BCUT2D eigenvalue weighted by atomic mass is 35.5. The van der Waals surface area contributed by atoms with Crippen molar-refractivity contribution in [3.8, 4) is 0 Å². The molecule has 4 atom stereocenters. The van der Waals surface area contributed by atoms with Gasteiger partial charge in [-0.15, -0.1) is 23.2 Å². The lowest BCUT2D eigenvalue weighted by atomic mass is 10.0. The van der Waals surface area contributed by atoms with Crippen molar-refractivity contribution >= 4 is 46.6 Å². The van der Waals surface area contributed by atoms with E-state index in [0.717, 1.165) is 6.42 Å². The van der Waals surface area contributed by atoms with E-state index in [0.29, 0.717) is 30.8 Å². The minimum atomic E-state index is -0.977. The minimum Gasteiger partial charge on any atom is -0.376 e. The Morgan fingerprint density at radius 3 is 2.60 bits per heavy atom. The molecule has 3 rings (SSSR count). The number of nitrogens with two attached hydrogens (primary N) is 2. The van der Waals surface area contributed by atoms with Gasteiger partial charge in [-0.05, 0) is 24.8 Å². The monoisotopic (exact) mass is 455 g/mol. The summed E-state index contributed by atoms with van der Waals surface area (Å²) >= 11 is 12.3. The van der Waals surface area contributed by atoms with Gasteiger partial charge in [0.1, 0.15) is 16.4 Å². The Morgan fingerprint density at radius 1 is 1.30 bits per heavy atom. The molecule has 30 heavy (non-hydrogen) atoms. The zero-order valence-electron chi connectivity index (χ0n) is 16.7. The van der Waals surface area contributed by atoms with Crippen LogP contribution in [0, 0.1) is 11.8 Å². The number of carbonyl (C=O) groups is 3. The van der Waals surface area contributed by atoms with Crippen molar-refractivity contribution in [1.29, 1.82) is 0 Å². The highest BCUT2D eigenvalue weighted by molar-refractivity contribution is 6.51. The van der Waals surface area contributed by atoms with E-state index in [9.17, 15) is 14.4 Å². The van der Waals surface area contributed by atoms with Gasteiger partial charge in [0.05, 0.1) is 6.54 Å². The van der Waals surface area contributed by atoms with Gasteiger partial charge >= 0.3 is 0 Å². The lowest BCUT2D eigenvalue weighted by Crippen LogP contribution is -2.48. The predicted octanol–water partition coefficient (Wildman–Crippen LogP) is 1.13. The average molecular weight is 456 g/mol. The maximum atomic E-state index is 12.8. The van der Waals surface area contributed by atoms with Gasteiger partial charge in [0, 0.05) is 30.3 Å². The zero-order valence-corrected chi connectivity index (χ0v) is 18.2. The lowest BCUT2D eigenvalue weighted by molar-refractivity contribution is -0.137. The van der Waals surface area contributed by atoms with Gasteiger partial charge in [0.25, 0.3) is 0 Å². The molecular weight excluding hydrogens is 429 g/mol. The number of hydrogen-bond donors (Lipinski definition) is 4. The molecule has 3 amide bonds. The highest BCUT2D eigenvalue weighted by Gasteiger charge is 2.60. The van der Waals surface area contributed by atoms with Gasteiger partial charge in [0.15, 0.2) is 0 Å². The first kappa shape index (κ1) is 22.7. The molecule has 1 saturated carbocycles. The lowest BCUT2D eigenvalue weighted by Gasteiger charge is -2.25. The second kappa shape index (κ2) is 8.99. The Bertz CT molecular complexity index is 834. The van der Waals surface area contributed by atoms with E-state index in [1.807, 2.05) is 6.92 Å². The minimum absolute atomic E-state index is 0.0166. The number of rotatable bonds is 8. The van der Waals surface area contributed by atoms with Gasteiger partial charge in [-0.3, -0.25) is 14.4 Å². The first-order valence-corrected chi connectivity index (χ1v) is 10.7. The molecule has 1 aromatic rings. The van der Waals surface area contributed by atoms with Crippen molar-refractivity contribution < 1.29 is 14.4 Å². The molecule has 1 saturated heterocycles. The molecule has 0 bridgehead atoms. The van der Waals surface area contributed by atoms with Crippen molar-refractivity contribution in [3.63, 3.8) is 0 Å². The third kappa shape index (κ3) is 4.66. The second-order valence-corrected chi connectivity index (χ2v) is 9.33. The van der Waals surface area contributed by atoms with Crippen molar-refractivity contribution in [2.24, 2.45) is 23.3 Å². The number of nitrogens with zero attached hydrogens (tertiary/aromatic N) is 1. The topological polar surface area (TPSA) is 131 Å². The van der Waals surface area contributed by atoms with Crippen LogP contribution in [0.25, 0.3) is 0 Å². The number of hydrogen-bond acceptors (Lipinski definition) is 5. The van der Waals surface area contributed by atoms with Crippen LogP contribution in [0.4, 0.5) is 5.69 Å². The Balaban J connectivity index is 1.56. The van der Waals surface area contributed by atoms with E-state index in [1.54, 1.807) is 29.2 Å². The molecule has 164 valence electrons. The molecule has 0 aromatic heterocycles. The Labute approximate surface area is 185 Å². The zero-order chi connectivity index (χ0) is 22.1. The third-order valence-corrected chi connectivity index (χ3v) is 7.25. The Morgan fingerprint density at radius 2 is 1.97 bits per heavy atom. The first-order valence-electron chi connectivity index (χ1n) is 9.97. The van der Waals surface area contributed by atoms with E-state index < -0.39 is 22.3 Å². The largest absolute Gasteiger partial charge is 0.376 e. The molecule has 6 N–H and O–H groups in total. The van der Waals surface area contributed by atoms with Crippen LogP contribution < -0.4 is 22.1 Å². The number of carbonyl (C=O) groups excluding carboxylic acids is 3. The predicted molar refractivity (Wildman–Crippen MR) is 116 cm³/mol. The second-order valence-electron chi connectivity index (χ2n) is 7.88. The number of anilines is 1. The summed E-state index contributed by atoms with van der Waals surface area (Å²) in [4.78, 5) is 38.4. The first-order chi connectivity index (χ1) is 14.1. The highest BCUT2D eigenvalue weighted by Crippen LogP contribution is 2.58. The standard InChI is InChI=1S/C20H27Cl2N5O3/c1-11-13(20(11,21)22)9-26-19(30)15-7-4-8-27(15)16(28)10-25-14-6-3-2-5-12(14)17(23)18(24)29/h2-3,5-6,11,13,15,17,25H,4,7-10,23H2,1H3,(H2,24,29)(H,26,30)/t11?,13?,15-,17?/m0/s1. The molecule has 3 unspecified atom stereocenters. The van der Waals surface area contributed by atoms with Gasteiger partial charge < -0.3 is 27.0 Å². The van der Waals surface area contributed by atoms with Crippen LogP contribution in [0.15, 0.2) is 24.3 Å². The summed E-state index contributed by atoms with van der Waals surface area (Å²) in [7, 11) is 0. The molecule has 2 fully saturated rings. The van der Waals surface area contributed by atoms with E-state index in [4.69, 9.17) is 34.7 Å². The Hall–Kier alpha value is -2.03. The van der Waals surface area contributed by atoms with Crippen LogP contribution in [0.2, 0.25) is 0 Å². The van der Waals surface area contributed by atoms with Crippen molar-refractivity contribution in [2.75, 3.05) is 25.0 Å². The fourth-order valence-corrected chi connectivity index (χ4v) is 4.60. The summed E-state index contributed by atoms with van der Waals surface area (Å²) in [5.74, 6) is -0.921. The van der Waals surface area contributed by atoms with Crippen molar-refractivity contribution in [3.05, 3.63) is 29.8 Å². The number of primary amides is 1. The number of halogens is 2. The summed E-state index contributed by atoms with van der Waals surface area (Å²) in [6.07, 6.45) is 1.36. The number of para-hydroxylation sites is 1.